The molecule has 0 fully saturated rings. The maximum absolute atomic E-state index is 10.8. The third-order valence-corrected chi connectivity index (χ3v) is 4.66. The molecule has 0 amide bonds. The van der Waals surface area contributed by atoms with Crippen molar-refractivity contribution in [1.82, 2.24) is 4.68 Å². The summed E-state index contributed by atoms with van der Waals surface area (Å²) in [6.07, 6.45) is 1.42. The SMILES string of the molecule is CC(C)N=c1scc(-c2cc3ccccc3o2)n1N=Cc1ccc([N+](=O)[O-])o1. The molecule has 1 aromatic carbocycles. The third-order valence-electron chi connectivity index (χ3n) is 3.82. The van der Waals surface area contributed by atoms with E-state index in [0.717, 1.165) is 16.7 Å². The van der Waals surface area contributed by atoms with Gasteiger partial charge >= 0.3 is 5.88 Å². The first-order valence-electron chi connectivity index (χ1n) is 8.53. The Morgan fingerprint density at radius 1 is 1.21 bits per heavy atom. The molecule has 4 aromatic rings. The number of furan rings is 2. The van der Waals surface area contributed by atoms with Crippen molar-refractivity contribution in [3.8, 4) is 11.5 Å². The summed E-state index contributed by atoms with van der Waals surface area (Å²) in [7, 11) is 0. The van der Waals surface area contributed by atoms with Crippen molar-refractivity contribution in [1.29, 1.82) is 0 Å². The van der Waals surface area contributed by atoms with E-state index in [1.54, 1.807) is 4.68 Å². The molecule has 0 saturated heterocycles. The molecule has 4 rings (SSSR count). The van der Waals surface area contributed by atoms with Gasteiger partial charge in [-0.2, -0.15) is 5.10 Å². The van der Waals surface area contributed by atoms with Gasteiger partial charge in [-0.3, -0.25) is 15.1 Å². The Bertz CT molecular complexity index is 1210. The summed E-state index contributed by atoms with van der Waals surface area (Å²) >= 11 is 1.44. The molecule has 0 unspecified atom stereocenters. The van der Waals surface area contributed by atoms with E-state index < -0.39 is 4.92 Å². The van der Waals surface area contributed by atoms with E-state index in [2.05, 4.69) is 10.1 Å². The zero-order valence-corrected chi connectivity index (χ0v) is 15.9. The first kappa shape index (κ1) is 17.9. The Morgan fingerprint density at radius 2 is 2.04 bits per heavy atom. The Balaban J connectivity index is 1.80. The molecule has 3 heterocycles. The van der Waals surface area contributed by atoms with Crippen molar-refractivity contribution >= 4 is 34.4 Å². The lowest BCUT2D eigenvalue weighted by Crippen LogP contribution is -2.14. The smallest absolute Gasteiger partial charge is 0.433 e. The predicted octanol–water partition coefficient (Wildman–Crippen LogP) is 4.66. The normalized spacial score (nSPS) is 12.6. The molecule has 8 nitrogen and oxygen atoms in total. The summed E-state index contributed by atoms with van der Waals surface area (Å²) < 4.78 is 12.8. The molecule has 0 aliphatic heterocycles. The van der Waals surface area contributed by atoms with Gasteiger partial charge in [0.05, 0.1) is 12.3 Å². The van der Waals surface area contributed by atoms with E-state index in [9.17, 15) is 10.1 Å². The van der Waals surface area contributed by atoms with E-state index in [0.29, 0.717) is 10.6 Å². The van der Waals surface area contributed by atoms with E-state index >= 15 is 0 Å². The Labute approximate surface area is 163 Å². The first-order valence-corrected chi connectivity index (χ1v) is 9.41. The molecule has 28 heavy (non-hydrogen) atoms. The van der Waals surface area contributed by atoms with E-state index in [1.165, 1.54) is 29.7 Å². The minimum absolute atomic E-state index is 0.0772. The lowest BCUT2D eigenvalue weighted by Gasteiger charge is -2.00. The quantitative estimate of drug-likeness (QED) is 0.278. The molecule has 0 bridgehead atoms. The number of nitrogens with zero attached hydrogens (tertiary/aromatic N) is 4. The number of rotatable bonds is 5. The molecule has 0 aliphatic rings. The van der Waals surface area contributed by atoms with Crippen LogP contribution in [0.4, 0.5) is 5.88 Å². The number of nitro groups is 1. The van der Waals surface area contributed by atoms with Crippen LogP contribution in [0.25, 0.3) is 22.4 Å². The molecule has 142 valence electrons. The van der Waals surface area contributed by atoms with Crippen LogP contribution >= 0.6 is 11.3 Å². The first-order chi connectivity index (χ1) is 13.5. The van der Waals surface area contributed by atoms with Gasteiger partial charge in [0.1, 0.15) is 16.2 Å². The van der Waals surface area contributed by atoms with Crippen molar-refractivity contribution in [3.05, 3.63) is 68.5 Å². The van der Waals surface area contributed by atoms with Crippen molar-refractivity contribution in [2.75, 3.05) is 0 Å². The maximum atomic E-state index is 10.8. The van der Waals surface area contributed by atoms with Crippen LogP contribution in [-0.4, -0.2) is 21.9 Å². The average molecular weight is 396 g/mol. The second-order valence-electron chi connectivity index (χ2n) is 6.26. The number of hydrogen-bond donors (Lipinski definition) is 0. The number of benzene rings is 1. The highest BCUT2D eigenvalue weighted by atomic mass is 32.1. The molecular formula is C19H16N4O4S. The van der Waals surface area contributed by atoms with Crippen molar-refractivity contribution < 1.29 is 13.8 Å². The molecule has 0 N–H and O–H groups in total. The minimum Gasteiger partial charge on any atom is -0.454 e. The monoisotopic (exact) mass is 396 g/mol. The van der Waals surface area contributed by atoms with Crippen LogP contribution in [0.2, 0.25) is 0 Å². The summed E-state index contributed by atoms with van der Waals surface area (Å²) in [4.78, 5) is 15.5. The third kappa shape index (κ3) is 3.52. The number of fused-ring (bicyclic) bond motifs is 1. The van der Waals surface area contributed by atoms with Gasteiger partial charge in [0.2, 0.25) is 4.80 Å². The fourth-order valence-electron chi connectivity index (χ4n) is 2.62. The van der Waals surface area contributed by atoms with Crippen LogP contribution in [0, 0.1) is 10.1 Å². The zero-order chi connectivity index (χ0) is 19.7. The van der Waals surface area contributed by atoms with Gasteiger partial charge in [0.15, 0.2) is 11.5 Å². The van der Waals surface area contributed by atoms with Crippen molar-refractivity contribution in [2.45, 2.75) is 19.9 Å². The molecule has 0 saturated carbocycles. The number of para-hydroxylation sites is 1. The molecule has 0 radical (unpaired) electrons. The van der Waals surface area contributed by atoms with E-state index in [1.807, 2.05) is 49.6 Å². The fraction of sp³-hybridized carbons (Fsp3) is 0.158. The largest absolute Gasteiger partial charge is 0.454 e. The molecule has 0 spiro atoms. The van der Waals surface area contributed by atoms with Crippen LogP contribution in [0.1, 0.15) is 19.6 Å². The molecular weight excluding hydrogens is 380 g/mol. The van der Waals surface area contributed by atoms with Gasteiger partial charge in [-0.05, 0) is 32.0 Å². The Kier molecular flexibility index (Phi) is 4.66. The Morgan fingerprint density at radius 3 is 2.75 bits per heavy atom. The highest BCUT2D eigenvalue weighted by Gasteiger charge is 2.14. The fourth-order valence-corrected chi connectivity index (χ4v) is 3.57. The lowest BCUT2D eigenvalue weighted by atomic mass is 10.2. The highest BCUT2D eigenvalue weighted by Crippen LogP contribution is 2.28. The molecule has 0 atom stereocenters. The van der Waals surface area contributed by atoms with Crippen LogP contribution in [-0.2, 0) is 0 Å². The van der Waals surface area contributed by atoms with Crippen LogP contribution < -0.4 is 4.80 Å². The average Bonchev–Trinajstić information content (AvgIpc) is 3.37. The summed E-state index contributed by atoms with van der Waals surface area (Å²) in [6, 6.07) is 12.6. The highest BCUT2D eigenvalue weighted by molar-refractivity contribution is 7.07. The zero-order valence-electron chi connectivity index (χ0n) is 15.1. The summed E-state index contributed by atoms with van der Waals surface area (Å²) in [5, 5.41) is 18.1. The molecule has 3 aromatic heterocycles. The second kappa shape index (κ2) is 7.28. The number of thiazole rings is 1. The summed E-state index contributed by atoms with van der Waals surface area (Å²) in [5.74, 6) is 0.600. The summed E-state index contributed by atoms with van der Waals surface area (Å²) in [5.41, 5.74) is 1.51. The van der Waals surface area contributed by atoms with Gasteiger partial charge in [0, 0.05) is 16.8 Å². The van der Waals surface area contributed by atoms with Crippen molar-refractivity contribution in [2.24, 2.45) is 10.1 Å². The lowest BCUT2D eigenvalue weighted by molar-refractivity contribution is -0.402. The van der Waals surface area contributed by atoms with Crippen molar-refractivity contribution in [3.63, 3.8) is 0 Å². The summed E-state index contributed by atoms with van der Waals surface area (Å²) in [6.45, 7) is 3.95. The molecule has 0 aliphatic carbocycles. The van der Waals surface area contributed by atoms with Crippen LogP contribution in [0.15, 0.2) is 66.8 Å². The predicted molar refractivity (Wildman–Crippen MR) is 107 cm³/mol. The maximum Gasteiger partial charge on any atom is 0.433 e. The number of aromatic nitrogens is 1. The van der Waals surface area contributed by atoms with Gasteiger partial charge in [-0.1, -0.05) is 18.2 Å². The topological polar surface area (TPSA) is 99.1 Å². The number of hydrogen-bond acceptors (Lipinski definition) is 7. The second-order valence-corrected chi connectivity index (χ2v) is 7.10. The van der Waals surface area contributed by atoms with E-state index in [4.69, 9.17) is 8.83 Å². The minimum atomic E-state index is -0.589. The van der Waals surface area contributed by atoms with Gasteiger partial charge < -0.3 is 8.83 Å². The Hall–Kier alpha value is -3.46. The van der Waals surface area contributed by atoms with Crippen LogP contribution in [0.3, 0.4) is 0 Å². The standard InChI is InChI=1S/C19H16N4O4S/c1-12(2)21-19-22(20-10-14-7-8-18(26-14)23(24)25)15(11-28-19)17-9-13-5-3-4-6-16(13)27-17/h3-12H,1-2H3. The van der Waals surface area contributed by atoms with Gasteiger partial charge in [0.25, 0.3) is 0 Å². The van der Waals surface area contributed by atoms with Crippen LogP contribution in [0.5, 0.6) is 0 Å². The molecule has 9 heteroatoms. The van der Waals surface area contributed by atoms with Gasteiger partial charge in [-0.15, -0.1) is 11.3 Å². The van der Waals surface area contributed by atoms with Gasteiger partial charge in [-0.25, -0.2) is 4.68 Å². The van der Waals surface area contributed by atoms with E-state index in [-0.39, 0.29) is 17.7 Å².